The van der Waals surface area contributed by atoms with E-state index in [4.69, 9.17) is 0 Å². The average Bonchev–Trinajstić information content (AvgIpc) is 2.82. The van der Waals surface area contributed by atoms with Crippen molar-refractivity contribution >= 4 is 32.6 Å². The largest absolute Gasteiger partial charge is 0.342 e. The molecule has 0 N–H and O–H groups in total. The first-order chi connectivity index (χ1) is 15.3. The normalized spacial score (nSPS) is 20.7. The zero-order chi connectivity index (χ0) is 22.9. The fourth-order valence-corrected chi connectivity index (χ4v) is 6.09. The zero-order valence-corrected chi connectivity index (χ0v) is 19.6. The molecule has 0 aromatic heterocycles. The lowest BCUT2D eigenvalue weighted by atomic mass is 9.95. The van der Waals surface area contributed by atoms with Crippen molar-refractivity contribution in [2.45, 2.75) is 31.6 Å². The maximum absolute atomic E-state index is 13.2. The number of fused-ring (bicyclic) bond motifs is 1. The van der Waals surface area contributed by atoms with Gasteiger partial charge < -0.3 is 9.80 Å². The summed E-state index contributed by atoms with van der Waals surface area (Å²) in [5.41, 5.74) is 0. The van der Waals surface area contributed by atoms with E-state index < -0.39 is 10.0 Å². The minimum Gasteiger partial charge on any atom is -0.342 e. The molecule has 7 nitrogen and oxygen atoms in total. The number of hydrogen-bond acceptors (Lipinski definition) is 4. The molecule has 2 saturated heterocycles. The van der Waals surface area contributed by atoms with Crippen molar-refractivity contribution in [2.75, 3.05) is 39.3 Å². The highest BCUT2D eigenvalue weighted by Crippen LogP contribution is 2.25. The Kier molecular flexibility index (Phi) is 6.53. The number of rotatable bonds is 4. The van der Waals surface area contributed by atoms with Gasteiger partial charge in [-0.3, -0.25) is 9.59 Å². The Labute approximate surface area is 190 Å². The summed E-state index contributed by atoms with van der Waals surface area (Å²) >= 11 is 0. The van der Waals surface area contributed by atoms with Gasteiger partial charge in [0.25, 0.3) is 0 Å². The second kappa shape index (κ2) is 9.19. The second-order valence-electron chi connectivity index (χ2n) is 9.02. The van der Waals surface area contributed by atoms with Crippen molar-refractivity contribution in [1.29, 1.82) is 0 Å². The number of carbonyl (C=O) groups is 2. The van der Waals surface area contributed by atoms with E-state index >= 15 is 0 Å². The molecule has 172 valence electrons. The fraction of sp³-hybridized carbons (Fsp3) is 0.500. The highest BCUT2D eigenvalue weighted by atomic mass is 32.2. The molecule has 2 aromatic carbocycles. The van der Waals surface area contributed by atoms with E-state index in [1.54, 1.807) is 21.9 Å². The van der Waals surface area contributed by atoms with Crippen molar-refractivity contribution in [3.8, 4) is 0 Å². The summed E-state index contributed by atoms with van der Waals surface area (Å²) < 4.78 is 27.8. The van der Waals surface area contributed by atoms with E-state index in [9.17, 15) is 18.0 Å². The van der Waals surface area contributed by atoms with Crippen LogP contribution < -0.4 is 0 Å². The van der Waals surface area contributed by atoms with Gasteiger partial charge in [-0.15, -0.1) is 0 Å². The predicted molar refractivity (Wildman–Crippen MR) is 123 cm³/mol. The highest BCUT2D eigenvalue weighted by Gasteiger charge is 2.35. The highest BCUT2D eigenvalue weighted by molar-refractivity contribution is 7.89. The van der Waals surface area contributed by atoms with E-state index in [1.165, 1.54) is 4.31 Å². The van der Waals surface area contributed by atoms with E-state index in [-0.39, 0.29) is 41.6 Å². The molecular weight excluding hydrogens is 426 g/mol. The van der Waals surface area contributed by atoms with E-state index in [2.05, 4.69) is 0 Å². The first kappa shape index (κ1) is 22.7. The number of piperazine rings is 1. The molecule has 2 heterocycles. The Bertz CT molecular complexity index is 1110. The third kappa shape index (κ3) is 4.52. The number of amides is 2. The van der Waals surface area contributed by atoms with Crippen molar-refractivity contribution in [2.24, 2.45) is 11.8 Å². The molecule has 0 bridgehead atoms. The average molecular weight is 458 g/mol. The number of likely N-dealkylation sites (tertiary alicyclic amines) is 1. The molecule has 0 saturated carbocycles. The molecule has 0 radical (unpaired) electrons. The maximum Gasteiger partial charge on any atom is 0.243 e. The lowest BCUT2D eigenvalue weighted by molar-refractivity contribution is -0.143. The summed E-state index contributed by atoms with van der Waals surface area (Å²) in [7, 11) is -3.61. The molecule has 1 unspecified atom stereocenters. The number of benzene rings is 2. The van der Waals surface area contributed by atoms with Crippen LogP contribution in [0.25, 0.3) is 10.8 Å². The van der Waals surface area contributed by atoms with E-state index in [0.29, 0.717) is 26.2 Å². The zero-order valence-electron chi connectivity index (χ0n) is 18.7. The molecule has 32 heavy (non-hydrogen) atoms. The molecule has 2 amide bonds. The van der Waals surface area contributed by atoms with Gasteiger partial charge in [-0.1, -0.05) is 44.2 Å². The molecule has 2 aromatic rings. The Morgan fingerprint density at radius 1 is 0.906 bits per heavy atom. The van der Waals surface area contributed by atoms with Crippen LogP contribution in [0.1, 0.15) is 26.7 Å². The first-order valence-electron chi connectivity index (χ1n) is 11.3. The van der Waals surface area contributed by atoms with Crippen LogP contribution in [0, 0.1) is 11.8 Å². The van der Waals surface area contributed by atoms with Crippen LogP contribution in [0.2, 0.25) is 0 Å². The van der Waals surface area contributed by atoms with Gasteiger partial charge in [0.05, 0.1) is 10.8 Å². The van der Waals surface area contributed by atoms with E-state index in [0.717, 1.165) is 23.6 Å². The number of carbonyl (C=O) groups excluding carboxylic acids is 2. The van der Waals surface area contributed by atoms with E-state index in [1.807, 2.05) is 44.2 Å². The van der Waals surface area contributed by atoms with Gasteiger partial charge in [0.1, 0.15) is 0 Å². The van der Waals surface area contributed by atoms with Crippen LogP contribution >= 0.6 is 0 Å². The first-order valence-corrected chi connectivity index (χ1v) is 12.8. The SMILES string of the molecule is CC(C)C(=O)N1CCCC(C(=O)N2CCN(S(=O)(=O)c3ccc4ccccc4c3)CC2)C1. The van der Waals surface area contributed by atoms with Gasteiger partial charge in [0, 0.05) is 45.2 Å². The summed E-state index contributed by atoms with van der Waals surface area (Å²) in [6, 6.07) is 12.9. The van der Waals surface area contributed by atoms with Gasteiger partial charge in [0.2, 0.25) is 21.8 Å². The fourth-order valence-electron chi connectivity index (χ4n) is 4.63. The third-order valence-corrected chi connectivity index (χ3v) is 8.38. The molecule has 4 rings (SSSR count). The monoisotopic (exact) mass is 457 g/mol. The Balaban J connectivity index is 1.39. The smallest absolute Gasteiger partial charge is 0.243 e. The minimum atomic E-state index is -3.61. The van der Waals surface area contributed by atoms with Gasteiger partial charge in [0.15, 0.2) is 0 Å². The van der Waals surface area contributed by atoms with Crippen molar-refractivity contribution in [3.05, 3.63) is 42.5 Å². The Morgan fingerprint density at radius 3 is 2.28 bits per heavy atom. The molecular formula is C24H31N3O4S. The number of nitrogens with zero attached hydrogens (tertiary/aromatic N) is 3. The number of piperidine rings is 1. The van der Waals surface area contributed by atoms with Gasteiger partial charge in [-0.05, 0) is 35.7 Å². The molecule has 8 heteroatoms. The Hall–Kier alpha value is -2.45. The van der Waals surface area contributed by atoms with Crippen molar-refractivity contribution in [1.82, 2.24) is 14.1 Å². The van der Waals surface area contributed by atoms with Crippen molar-refractivity contribution < 1.29 is 18.0 Å². The van der Waals surface area contributed by atoms with Crippen LogP contribution in [0.5, 0.6) is 0 Å². The van der Waals surface area contributed by atoms with Crippen LogP contribution in [0.3, 0.4) is 0 Å². The van der Waals surface area contributed by atoms with Crippen LogP contribution in [0.4, 0.5) is 0 Å². The standard InChI is InChI=1S/C24H31N3O4S/c1-18(2)23(28)26-11-5-8-21(17-26)24(29)25-12-14-27(15-13-25)32(30,31)22-10-9-19-6-3-4-7-20(19)16-22/h3-4,6-7,9-10,16,18,21H,5,8,11-15,17H2,1-2H3. The van der Waals surface area contributed by atoms with Gasteiger partial charge >= 0.3 is 0 Å². The van der Waals surface area contributed by atoms with Crippen LogP contribution in [-0.4, -0.2) is 73.6 Å². The van der Waals surface area contributed by atoms with Crippen molar-refractivity contribution in [3.63, 3.8) is 0 Å². The molecule has 2 aliphatic heterocycles. The molecule has 0 spiro atoms. The molecule has 0 aliphatic carbocycles. The summed E-state index contributed by atoms with van der Waals surface area (Å²) in [4.78, 5) is 29.3. The topological polar surface area (TPSA) is 78.0 Å². The molecule has 2 fully saturated rings. The van der Waals surface area contributed by atoms with Gasteiger partial charge in [-0.25, -0.2) is 8.42 Å². The summed E-state index contributed by atoms with van der Waals surface area (Å²) in [6.07, 6.45) is 1.60. The van der Waals surface area contributed by atoms with Crippen LogP contribution in [-0.2, 0) is 19.6 Å². The Morgan fingerprint density at radius 2 is 1.59 bits per heavy atom. The summed E-state index contributed by atoms with van der Waals surface area (Å²) in [6.45, 7) is 6.24. The lowest BCUT2D eigenvalue weighted by Gasteiger charge is -2.39. The molecule has 1 atom stereocenters. The quantitative estimate of drug-likeness (QED) is 0.707. The predicted octanol–water partition coefficient (Wildman–Crippen LogP) is 2.57. The molecule has 2 aliphatic rings. The number of hydrogen-bond donors (Lipinski definition) is 0. The van der Waals surface area contributed by atoms with Crippen LogP contribution in [0.15, 0.2) is 47.4 Å². The van der Waals surface area contributed by atoms with Gasteiger partial charge in [-0.2, -0.15) is 4.31 Å². The minimum absolute atomic E-state index is 0.0361. The third-order valence-electron chi connectivity index (χ3n) is 6.49. The maximum atomic E-state index is 13.2. The second-order valence-corrected chi connectivity index (χ2v) is 11.0. The lowest BCUT2D eigenvalue weighted by Crippen LogP contribution is -2.54. The summed E-state index contributed by atoms with van der Waals surface area (Å²) in [5, 5.41) is 1.89. The number of sulfonamides is 1. The summed E-state index contributed by atoms with van der Waals surface area (Å²) in [5.74, 6) is -0.148.